The second-order valence-corrected chi connectivity index (χ2v) is 8.14. The van der Waals surface area contributed by atoms with Crippen molar-refractivity contribution in [3.8, 4) is 11.5 Å². The number of pyridine rings is 1. The van der Waals surface area contributed by atoms with Gasteiger partial charge in [0, 0.05) is 21.9 Å². The summed E-state index contributed by atoms with van der Waals surface area (Å²) in [5, 5.41) is 6.18. The highest BCUT2D eigenvalue weighted by Crippen LogP contribution is 2.27. The highest BCUT2D eigenvalue weighted by molar-refractivity contribution is 9.10. The van der Waals surface area contributed by atoms with E-state index < -0.39 is 5.91 Å². The zero-order valence-electron chi connectivity index (χ0n) is 15.6. The number of carbonyl (C=O) groups excluding carboxylic acids is 1. The second-order valence-electron chi connectivity index (χ2n) is 6.41. The Morgan fingerprint density at radius 3 is 2.80 bits per heavy atom. The molecule has 0 spiro atoms. The Labute approximate surface area is 190 Å². The molecule has 0 bridgehead atoms. The lowest BCUT2D eigenvalue weighted by Gasteiger charge is -2.13. The number of fused-ring (bicyclic) bond motifs is 1. The molecule has 0 saturated carbocycles. The number of aryl methyl sites for hydroxylation is 1. The van der Waals surface area contributed by atoms with Crippen LogP contribution in [0.1, 0.15) is 15.9 Å². The van der Waals surface area contributed by atoms with Gasteiger partial charge in [0.1, 0.15) is 0 Å². The molecule has 0 radical (unpaired) electrons. The van der Waals surface area contributed by atoms with Crippen LogP contribution in [0.5, 0.6) is 0 Å². The molecule has 1 amide bonds. The molecule has 4 aromatic rings. The molecule has 2 aromatic heterocycles. The fraction of sp³-hybridized carbons (Fsp3) is 0.0476. The number of nitrogens with one attached hydrogen (secondary N) is 2. The molecule has 0 atom stereocenters. The number of benzene rings is 2. The predicted molar refractivity (Wildman–Crippen MR) is 125 cm³/mol. The zero-order chi connectivity index (χ0) is 21.3. The molecular formula is C21H14BrClN4O2S. The number of thiocarbonyl (C=S) groups is 1. The Balaban J connectivity index is 1.48. The minimum atomic E-state index is -0.396. The van der Waals surface area contributed by atoms with E-state index in [0.29, 0.717) is 27.7 Å². The molecular weight excluding hydrogens is 488 g/mol. The average molecular weight is 502 g/mol. The van der Waals surface area contributed by atoms with Gasteiger partial charge in [-0.2, -0.15) is 4.98 Å². The van der Waals surface area contributed by atoms with Crippen LogP contribution >= 0.6 is 39.7 Å². The quantitative estimate of drug-likeness (QED) is 0.348. The van der Waals surface area contributed by atoms with Crippen LogP contribution in [0, 0.1) is 6.92 Å². The third-order valence-electron chi connectivity index (χ3n) is 4.29. The van der Waals surface area contributed by atoms with Gasteiger partial charge in [0.05, 0.1) is 10.6 Å². The van der Waals surface area contributed by atoms with Crippen LogP contribution in [0.4, 0.5) is 5.69 Å². The first kappa shape index (κ1) is 20.5. The van der Waals surface area contributed by atoms with Crippen LogP contribution in [-0.4, -0.2) is 21.0 Å². The highest BCUT2D eigenvalue weighted by Gasteiger charge is 2.14. The van der Waals surface area contributed by atoms with Crippen molar-refractivity contribution in [1.82, 2.24) is 15.3 Å². The molecule has 0 unspecified atom stereocenters. The Morgan fingerprint density at radius 2 is 2.03 bits per heavy atom. The molecule has 0 aliphatic carbocycles. The molecule has 150 valence electrons. The van der Waals surface area contributed by atoms with Gasteiger partial charge in [-0.1, -0.05) is 27.5 Å². The van der Waals surface area contributed by atoms with Crippen molar-refractivity contribution in [2.75, 3.05) is 5.32 Å². The number of halogens is 2. The van der Waals surface area contributed by atoms with Gasteiger partial charge >= 0.3 is 0 Å². The van der Waals surface area contributed by atoms with Crippen LogP contribution < -0.4 is 10.6 Å². The summed E-state index contributed by atoms with van der Waals surface area (Å²) < 4.78 is 6.51. The lowest BCUT2D eigenvalue weighted by atomic mass is 10.1. The van der Waals surface area contributed by atoms with Crippen LogP contribution in [-0.2, 0) is 0 Å². The van der Waals surface area contributed by atoms with Crippen molar-refractivity contribution in [3.63, 3.8) is 0 Å². The van der Waals surface area contributed by atoms with Crippen molar-refractivity contribution in [2.24, 2.45) is 0 Å². The van der Waals surface area contributed by atoms with E-state index >= 15 is 0 Å². The first-order valence-corrected chi connectivity index (χ1v) is 10.4. The van der Waals surface area contributed by atoms with Crippen LogP contribution in [0.2, 0.25) is 5.02 Å². The highest BCUT2D eigenvalue weighted by atomic mass is 79.9. The minimum absolute atomic E-state index is 0.165. The number of aromatic nitrogens is 2. The summed E-state index contributed by atoms with van der Waals surface area (Å²) in [6, 6.07) is 14.3. The summed E-state index contributed by atoms with van der Waals surface area (Å²) in [7, 11) is 0. The van der Waals surface area contributed by atoms with Gasteiger partial charge in [0.25, 0.3) is 5.91 Å². The molecule has 6 nitrogen and oxygen atoms in total. The SMILES string of the molecule is Cc1cc(-c2nc3ncccc3o2)ccc1NC(=S)NC(=O)c1cc(Br)ccc1Cl. The van der Waals surface area contributed by atoms with Gasteiger partial charge in [-0.25, -0.2) is 4.98 Å². The summed E-state index contributed by atoms with van der Waals surface area (Å²) in [6.07, 6.45) is 1.67. The molecule has 2 aromatic carbocycles. The molecule has 0 fully saturated rings. The van der Waals surface area contributed by atoms with Crippen LogP contribution in [0.25, 0.3) is 22.7 Å². The molecule has 0 aliphatic heterocycles. The molecule has 4 rings (SSSR count). The Bertz CT molecular complexity index is 1260. The van der Waals surface area contributed by atoms with E-state index in [1.165, 1.54) is 0 Å². The van der Waals surface area contributed by atoms with Gasteiger partial charge < -0.3 is 9.73 Å². The number of nitrogens with zero attached hydrogens (tertiary/aromatic N) is 2. The third-order valence-corrected chi connectivity index (χ3v) is 5.31. The number of oxazole rings is 1. The van der Waals surface area contributed by atoms with E-state index in [2.05, 4.69) is 36.5 Å². The number of amides is 1. The predicted octanol–water partition coefficient (Wildman–Crippen LogP) is 5.74. The van der Waals surface area contributed by atoms with Crippen molar-refractivity contribution < 1.29 is 9.21 Å². The summed E-state index contributed by atoms with van der Waals surface area (Å²) in [5.41, 5.74) is 3.97. The molecule has 0 aliphatic rings. The van der Waals surface area contributed by atoms with Gasteiger partial charge in [-0.05, 0) is 73.2 Å². The van der Waals surface area contributed by atoms with Gasteiger partial charge in [0.15, 0.2) is 16.3 Å². The fourth-order valence-corrected chi connectivity index (χ4v) is 3.59. The zero-order valence-corrected chi connectivity index (χ0v) is 18.7. The average Bonchev–Trinajstić information content (AvgIpc) is 3.15. The number of rotatable bonds is 3. The smallest absolute Gasteiger partial charge is 0.258 e. The van der Waals surface area contributed by atoms with E-state index in [1.807, 2.05) is 31.2 Å². The monoisotopic (exact) mass is 500 g/mol. The first-order chi connectivity index (χ1) is 14.4. The number of hydrogen-bond acceptors (Lipinski definition) is 5. The topological polar surface area (TPSA) is 80.1 Å². The largest absolute Gasteiger partial charge is 0.434 e. The summed E-state index contributed by atoms with van der Waals surface area (Å²) in [4.78, 5) is 21.0. The molecule has 9 heteroatoms. The van der Waals surface area contributed by atoms with Crippen molar-refractivity contribution in [2.45, 2.75) is 6.92 Å². The maximum atomic E-state index is 12.5. The second kappa shape index (κ2) is 8.51. The van der Waals surface area contributed by atoms with Gasteiger partial charge in [-0.15, -0.1) is 0 Å². The standard InChI is InChI=1S/C21H14BrClN4O2S/c1-11-9-12(20-26-18-17(29-20)3-2-8-24-18)4-7-16(11)25-21(30)27-19(28)14-10-13(22)5-6-15(14)23/h2-10H,1H3,(H2,25,27,28,30). The van der Waals surface area contributed by atoms with E-state index in [9.17, 15) is 4.79 Å². The minimum Gasteiger partial charge on any atom is -0.434 e. The maximum absolute atomic E-state index is 12.5. The van der Waals surface area contributed by atoms with E-state index in [1.54, 1.807) is 30.5 Å². The lowest BCUT2D eigenvalue weighted by Crippen LogP contribution is -2.34. The Hall–Kier alpha value is -2.81. The van der Waals surface area contributed by atoms with Crippen molar-refractivity contribution in [3.05, 3.63) is 75.4 Å². The van der Waals surface area contributed by atoms with Gasteiger partial charge in [-0.3, -0.25) is 10.1 Å². The first-order valence-electron chi connectivity index (χ1n) is 8.80. The lowest BCUT2D eigenvalue weighted by molar-refractivity contribution is 0.0978. The Morgan fingerprint density at radius 1 is 1.20 bits per heavy atom. The fourth-order valence-electron chi connectivity index (χ4n) is 2.82. The summed E-state index contributed by atoms with van der Waals surface area (Å²) >= 11 is 14.7. The number of carbonyl (C=O) groups is 1. The summed E-state index contributed by atoms with van der Waals surface area (Å²) in [5.74, 6) is 0.0885. The number of anilines is 1. The third kappa shape index (κ3) is 4.35. The van der Waals surface area contributed by atoms with Crippen molar-refractivity contribution in [1.29, 1.82) is 0 Å². The van der Waals surface area contributed by atoms with E-state index in [-0.39, 0.29) is 5.11 Å². The molecule has 30 heavy (non-hydrogen) atoms. The van der Waals surface area contributed by atoms with Crippen molar-refractivity contribution >= 4 is 67.7 Å². The Kier molecular flexibility index (Phi) is 5.80. The normalized spacial score (nSPS) is 10.8. The summed E-state index contributed by atoms with van der Waals surface area (Å²) in [6.45, 7) is 1.92. The molecule has 2 heterocycles. The molecule has 0 saturated heterocycles. The maximum Gasteiger partial charge on any atom is 0.258 e. The van der Waals surface area contributed by atoms with E-state index in [4.69, 9.17) is 28.2 Å². The van der Waals surface area contributed by atoms with Gasteiger partial charge in [0.2, 0.25) is 5.89 Å². The van der Waals surface area contributed by atoms with Crippen LogP contribution in [0.3, 0.4) is 0 Å². The molecule has 2 N–H and O–H groups in total. The van der Waals surface area contributed by atoms with E-state index in [0.717, 1.165) is 21.3 Å². The van der Waals surface area contributed by atoms with Crippen LogP contribution in [0.15, 0.2) is 63.6 Å². The number of hydrogen-bond donors (Lipinski definition) is 2.